The minimum Gasteiger partial charge on any atom is -0.459 e. The van der Waals surface area contributed by atoms with Gasteiger partial charge in [0.2, 0.25) is 0 Å². The molecule has 2 rings (SSSR count). The van der Waals surface area contributed by atoms with Crippen LogP contribution in [0.5, 0.6) is 0 Å². The SMILES string of the molecule is CCC(NC)c1cc2cccc(C(C)C)c2o1. The molecule has 1 N–H and O–H groups in total. The average Bonchev–Trinajstić information content (AvgIpc) is 2.73. The highest BCUT2D eigenvalue weighted by Gasteiger charge is 2.15. The molecule has 0 bridgehead atoms. The fraction of sp³-hybridized carbons (Fsp3) is 0.467. The molecular formula is C15H21NO. The number of benzene rings is 1. The number of hydrogen-bond donors (Lipinski definition) is 1. The van der Waals surface area contributed by atoms with Crippen molar-refractivity contribution in [3.63, 3.8) is 0 Å². The lowest BCUT2D eigenvalue weighted by Crippen LogP contribution is -2.14. The van der Waals surface area contributed by atoms with Crippen molar-refractivity contribution in [3.8, 4) is 0 Å². The molecule has 2 aromatic rings. The highest BCUT2D eigenvalue weighted by atomic mass is 16.3. The smallest absolute Gasteiger partial charge is 0.137 e. The van der Waals surface area contributed by atoms with Crippen LogP contribution in [0.4, 0.5) is 0 Å². The molecule has 0 aliphatic rings. The van der Waals surface area contributed by atoms with Crippen LogP contribution in [-0.4, -0.2) is 7.05 Å². The first-order chi connectivity index (χ1) is 8.17. The Bertz CT molecular complexity index is 495. The predicted octanol–water partition coefficient (Wildman–Crippen LogP) is 4.23. The molecule has 0 fully saturated rings. The van der Waals surface area contributed by atoms with Gasteiger partial charge in [-0.25, -0.2) is 0 Å². The van der Waals surface area contributed by atoms with E-state index >= 15 is 0 Å². The zero-order valence-electron chi connectivity index (χ0n) is 11.1. The van der Waals surface area contributed by atoms with Gasteiger partial charge in [0.1, 0.15) is 11.3 Å². The van der Waals surface area contributed by atoms with Gasteiger partial charge in [-0.15, -0.1) is 0 Å². The first-order valence-corrected chi connectivity index (χ1v) is 6.37. The maximum Gasteiger partial charge on any atom is 0.137 e. The van der Waals surface area contributed by atoms with Crippen LogP contribution in [0.2, 0.25) is 0 Å². The molecule has 0 radical (unpaired) electrons. The van der Waals surface area contributed by atoms with Gasteiger partial charge in [-0.2, -0.15) is 0 Å². The molecule has 0 saturated heterocycles. The third-order valence-electron chi connectivity index (χ3n) is 3.32. The molecule has 1 atom stereocenters. The molecule has 1 heterocycles. The third-order valence-corrected chi connectivity index (χ3v) is 3.32. The van der Waals surface area contributed by atoms with Gasteiger partial charge in [0.25, 0.3) is 0 Å². The van der Waals surface area contributed by atoms with Crippen LogP contribution in [0, 0.1) is 0 Å². The lowest BCUT2D eigenvalue weighted by molar-refractivity contribution is 0.442. The van der Waals surface area contributed by atoms with E-state index in [0.717, 1.165) is 17.8 Å². The molecule has 1 unspecified atom stereocenters. The Morgan fingerprint density at radius 3 is 2.65 bits per heavy atom. The second-order valence-corrected chi connectivity index (χ2v) is 4.82. The molecule has 2 heteroatoms. The van der Waals surface area contributed by atoms with Crippen molar-refractivity contribution in [3.05, 3.63) is 35.6 Å². The molecule has 1 aromatic carbocycles. The van der Waals surface area contributed by atoms with E-state index in [1.165, 1.54) is 10.9 Å². The molecule has 0 amide bonds. The van der Waals surface area contributed by atoms with Gasteiger partial charge >= 0.3 is 0 Å². The number of rotatable bonds is 4. The van der Waals surface area contributed by atoms with Crippen molar-refractivity contribution in [1.82, 2.24) is 5.32 Å². The van der Waals surface area contributed by atoms with Gasteiger partial charge in [0.05, 0.1) is 6.04 Å². The Balaban J connectivity index is 2.53. The standard InChI is InChI=1S/C15H21NO/c1-5-13(16-4)14-9-11-7-6-8-12(10(2)3)15(11)17-14/h6-10,13,16H,5H2,1-4H3. The Hall–Kier alpha value is -1.28. The van der Waals surface area contributed by atoms with Crippen LogP contribution >= 0.6 is 0 Å². The van der Waals surface area contributed by atoms with E-state index in [1.54, 1.807) is 0 Å². The molecule has 17 heavy (non-hydrogen) atoms. The van der Waals surface area contributed by atoms with Crippen LogP contribution in [0.3, 0.4) is 0 Å². The van der Waals surface area contributed by atoms with Crippen LogP contribution in [0.25, 0.3) is 11.0 Å². The van der Waals surface area contributed by atoms with E-state index in [1.807, 2.05) is 7.05 Å². The normalized spacial score (nSPS) is 13.5. The Morgan fingerprint density at radius 2 is 2.06 bits per heavy atom. The summed E-state index contributed by atoms with van der Waals surface area (Å²) in [6.45, 7) is 6.57. The second kappa shape index (κ2) is 4.92. The highest BCUT2D eigenvalue weighted by molar-refractivity contribution is 5.81. The summed E-state index contributed by atoms with van der Waals surface area (Å²) in [5, 5.41) is 4.49. The summed E-state index contributed by atoms with van der Waals surface area (Å²) in [7, 11) is 1.98. The molecule has 0 saturated carbocycles. The number of nitrogens with one attached hydrogen (secondary N) is 1. The third kappa shape index (κ3) is 2.22. The molecule has 1 aromatic heterocycles. The van der Waals surface area contributed by atoms with E-state index < -0.39 is 0 Å². The van der Waals surface area contributed by atoms with Crippen molar-refractivity contribution < 1.29 is 4.42 Å². The Labute approximate surface area is 103 Å². The fourth-order valence-corrected chi connectivity index (χ4v) is 2.28. The monoisotopic (exact) mass is 231 g/mol. The number of para-hydroxylation sites is 1. The van der Waals surface area contributed by atoms with Gasteiger partial charge in [0, 0.05) is 5.39 Å². The van der Waals surface area contributed by atoms with E-state index in [0.29, 0.717) is 12.0 Å². The summed E-state index contributed by atoms with van der Waals surface area (Å²) in [6, 6.07) is 8.85. The van der Waals surface area contributed by atoms with Crippen molar-refractivity contribution in [2.24, 2.45) is 0 Å². The van der Waals surface area contributed by atoms with E-state index in [9.17, 15) is 0 Å². The fourth-order valence-electron chi connectivity index (χ4n) is 2.28. The molecule has 0 aliphatic carbocycles. The number of hydrogen-bond acceptors (Lipinski definition) is 2. The van der Waals surface area contributed by atoms with E-state index in [4.69, 9.17) is 4.42 Å². The minimum atomic E-state index is 0.308. The molecule has 0 spiro atoms. The first kappa shape index (κ1) is 12.2. The van der Waals surface area contributed by atoms with Gasteiger partial charge in [-0.1, -0.05) is 39.0 Å². The van der Waals surface area contributed by atoms with Gasteiger partial charge < -0.3 is 9.73 Å². The molecule has 92 valence electrons. The average molecular weight is 231 g/mol. The zero-order chi connectivity index (χ0) is 12.4. The van der Waals surface area contributed by atoms with Gasteiger partial charge in [-0.3, -0.25) is 0 Å². The van der Waals surface area contributed by atoms with Gasteiger partial charge in [0.15, 0.2) is 0 Å². The predicted molar refractivity (Wildman–Crippen MR) is 72.4 cm³/mol. The molecule has 2 nitrogen and oxygen atoms in total. The zero-order valence-corrected chi connectivity index (χ0v) is 11.1. The summed E-state index contributed by atoms with van der Waals surface area (Å²) in [5.74, 6) is 1.53. The Morgan fingerprint density at radius 1 is 1.29 bits per heavy atom. The summed E-state index contributed by atoms with van der Waals surface area (Å²) >= 11 is 0. The minimum absolute atomic E-state index is 0.308. The Kier molecular flexibility index (Phi) is 3.53. The summed E-state index contributed by atoms with van der Waals surface area (Å²) < 4.78 is 6.04. The quantitative estimate of drug-likeness (QED) is 0.852. The lowest BCUT2D eigenvalue weighted by Gasteiger charge is -2.10. The largest absolute Gasteiger partial charge is 0.459 e. The maximum absolute atomic E-state index is 6.04. The van der Waals surface area contributed by atoms with Crippen molar-refractivity contribution in [2.45, 2.75) is 39.2 Å². The van der Waals surface area contributed by atoms with Crippen LogP contribution in [0.15, 0.2) is 28.7 Å². The molecular weight excluding hydrogens is 210 g/mol. The van der Waals surface area contributed by atoms with Crippen LogP contribution < -0.4 is 5.32 Å². The summed E-state index contributed by atoms with van der Waals surface area (Å²) in [5.41, 5.74) is 2.34. The highest BCUT2D eigenvalue weighted by Crippen LogP contribution is 2.31. The second-order valence-electron chi connectivity index (χ2n) is 4.82. The molecule has 0 aliphatic heterocycles. The van der Waals surface area contributed by atoms with E-state index in [-0.39, 0.29) is 0 Å². The van der Waals surface area contributed by atoms with Crippen molar-refractivity contribution >= 4 is 11.0 Å². The number of fused-ring (bicyclic) bond motifs is 1. The van der Waals surface area contributed by atoms with Crippen molar-refractivity contribution in [2.75, 3.05) is 7.05 Å². The number of furan rings is 1. The lowest BCUT2D eigenvalue weighted by atomic mass is 10.0. The summed E-state index contributed by atoms with van der Waals surface area (Å²) in [4.78, 5) is 0. The van der Waals surface area contributed by atoms with Crippen molar-refractivity contribution in [1.29, 1.82) is 0 Å². The van der Waals surface area contributed by atoms with Crippen LogP contribution in [0.1, 0.15) is 50.5 Å². The maximum atomic E-state index is 6.04. The summed E-state index contributed by atoms with van der Waals surface area (Å²) in [6.07, 6.45) is 1.04. The van der Waals surface area contributed by atoms with E-state index in [2.05, 4.69) is 50.4 Å². The van der Waals surface area contributed by atoms with Crippen LogP contribution in [-0.2, 0) is 0 Å². The first-order valence-electron chi connectivity index (χ1n) is 6.37. The topological polar surface area (TPSA) is 25.2 Å². The van der Waals surface area contributed by atoms with Gasteiger partial charge in [-0.05, 0) is 31.0 Å².